The standard InChI is InChI=1S/C13H9FN4O3/c1-8-11(3-2-10(13(8)14)18(19)20)21-9-4-5-17-12(6-9)15-7-16-17/h2-7H,1H3. The Bertz CT molecular complexity index is 847. The van der Waals surface area contributed by atoms with E-state index in [1.807, 2.05) is 0 Å². The summed E-state index contributed by atoms with van der Waals surface area (Å²) in [7, 11) is 0. The van der Waals surface area contributed by atoms with Gasteiger partial charge < -0.3 is 4.74 Å². The van der Waals surface area contributed by atoms with Crippen LogP contribution in [0.15, 0.2) is 36.8 Å². The van der Waals surface area contributed by atoms with Crippen LogP contribution in [0.3, 0.4) is 0 Å². The van der Waals surface area contributed by atoms with Crippen molar-refractivity contribution in [2.24, 2.45) is 0 Å². The number of rotatable bonds is 3. The molecule has 3 rings (SSSR count). The molecular formula is C13H9FN4O3. The smallest absolute Gasteiger partial charge is 0.305 e. The predicted octanol–water partition coefficient (Wildman–Crippen LogP) is 2.88. The largest absolute Gasteiger partial charge is 0.457 e. The van der Waals surface area contributed by atoms with Crippen molar-refractivity contribution in [3.8, 4) is 11.5 Å². The highest BCUT2D eigenvalue weighted by atomic mass is 19.1. The molecule has 21 heavy (non-hydrogen) atoms. The number of ether oxygens (including phenoxy) is 1. The third-order valence-corrected chi connectivity index (χ3v) is 2.99. The fourth-order valence-electron chi connectivity index (χ4n) is 1.89. The van der Waals surface area contributed by atoms with Crippen molar-refractivity contribution < 1.29 is 14.1 Å². The minimum absolute atomic E-state index is 0.0746. The molecule has 3 aromatic rings. The van der Waals surface area contributed by atoms with E-state index in [1.165, 1.54) is 19.3 Å². The summed E-state index contributed by atoms with van der Waals surface area (Å²) in [6, 6.07) is 5.71. The molecule has 0 aliphatic carbocycles. The Balaban J connectivity index is 1.97. The zero-order chi connectivity index (χ0) is 15.0. The molecule has 0 amide bonds. The van der Waals surface area contributed by atoms with Crippen molar-refractivity contribution in [2.45, 2.75) is 6.92 Å². The average Bonchev–Trinajstić information content (AvgIpc) is 2.91. The molecule has 0 aliphatic heterocycles. The maximum atomic E-state index is 13.9. The summed E-state index contributed by atoms with van der Waals surface area (Å²) in [4.78, 5) is 13.9. The van der Waals surface area contributed by atoms with E-state index in [1.54, 1.807) is 22.8 Å². The number of benzene rings is 1. The van der Waals surface area contributed by atoms with Crippen LogP contribution in [0.1, 0.15) is 5.56 Å². The second-order valence-corrected chi connectivity index (χ2v) is 4.31. The Hall–Kier alpha value is -3.03. The van der Waals surface area contributed by atoms with Crippen molar-refractivity contribution in [1.82, 2.24) is 14.6 Å². The van der Waals surface area contributed by atoms with Crippen LogP contribution in [0.25, 0.3) is 5.65 Å². The SMILES string of the molecule is Cc1c(Oc2ccn3ncnc3c2)ccc([N+](=O)[O-])c1F. The second-order valence-electron chi connectivity index (χ2n) is 4.31. The van der Waals surface area contributed by atoms with E-state index in [0.29, 0.717) is 11.4 Å². The van der Waals surface area contributed by atoms with Crippen LogP contribution in [0.5, 0.6) is 11.5 Å². The normalized spacial score (nSPS) is 10.8. The zero-order valence-corrected chi connectivity index (χ0v) is 10.9. The van der Waals surface area contributed by atoms with Gasteiger partial charge in [-0.25, -0.2) is 9.50 Å². The summed E-state index contributed by atoms with van der Waals surface area (Å²) < 4.78 is 21.0. The van der Waals surface area contributed by atoms with Crippen molar-refractivity contribution in [2.75, 3.05) is 0 Å². The van der Waals surface area contributed by atoms with Gasteiger partial charge in [-0.1, -0.05) is 0 Å². The number of nitrogens with zero attached hydrogens (tertiary/aromatic N) is 4. The summed E-state index contributed by atoms with van der Waals surface area (Å²) in [5, 5.41) is 14.6. The van der Waals surface area contributed by atoms with E-state index in [4.69, 9.17) is 4.74 Å². The lowest BCUT2D eigenvalue weighted by Gasteiger charge is -2.09. The van der Waals surface area contributed by atoms with Gasteiger partial charge in [0.05, 0.1) is 4.92 Å². The Morgan fingerprint density at radius 2 is 2.19 bits per heavy atom. The predicted molar refractivity (Wildman–Crippen MR) is 70.9 cm³/mol. The molecule has 106 valence electrons. The Labute approximate surface area is 117 Å². The van der Waals surface area contributed by atoms with Gasteiger partial charge in [-0.3, -0.25) is 10.1 Å². The number of hydrogen-bond donors (Lipinski definition) is 0. The van der Waals surface area contributed by atoms with Crippen LogP contribution in [-0.4, -0.2) is 19.5 Å². The molecule has 0 radical (unpaired) electrons. The summed E-state index contributed by atoms with van der Waals surface area (Å²) in [5.41, 5.74) is 0.0748. The van der Waals surface area contributed by atoms with Gasteiger partial charge in [0, 0.05) is 23.9 Å². The lowest BCUT2D eigenvalue weighted by molar-refractivity contribution is -0.387. The fraction of sp³-hybridized carbons (Fsp3) is 0.0769. The van der Waals surface area contributed by atoms with Gasteiger partial charge >= 0.3 is 5.69 Å². The van der Waals surface area contributed by atoms with Crippen LogP contribution in [0, 0.1) is 22.9 Å². The number of fused-ring (bicyclic) bond motifs is 1. The fourth-order valence-corrected chi connectivity index (χ4v) is 1.89. The van der Waals surface area contributed by atoms with E-state index >= 15 is 0 Å². The molecule has 0 bridgehead atoms. The average molecular weight is 288 g/mol. The Morgan fingerprint density at radius 3 is 2.95 bits per heavy atom. The van der Waals surface area contributed by atoms with E-state index in [-0.39, 0.29) is 11.3 Å². The van der Waals surface area contributed by atoms with Crippen LogP contribution in [0.2, 0.25) is 0 Å². The first kappa shape index (κ1) is 13.0. The van der Waals surface area contributed by atoms with Crippen LogP contribution in [0.4, 0.5) is 10.1 Å². The molecule has 0 atom stereocenters. The minimum Gasteiger partial charge on any atom is -0.457 e. The molecule has 1 aromatic carbocycles. The number of halogens is 1. The van der Waals surface area contributed by atoms with Crippen LogP contribution >= 0.6 is 0 Å². The molecule has 0 spiro atoms. The highest BCUT2D eigenvalue weighted by Gasteiger charge is 2.19. The molecule has 8 heteroatoms. The first-order chi connectivity index (χ1) is 10.1. The van der Waals surface area contributed by atoms with Crippen molar-refractivity contribution in [3.05, 3.63) is 58.3 Å². The topological polar surface area (TPSA) is 82.6 Å². The van der Waals surface area contributed by atoms with Gasteiger partial charge in [0.15, 0.2) is 5.65 Å². The third-order valence-electron chi connectivity index (χ3n) is 2.99. The van der Waals surface area contributed by atoms with Gasteiger partial charge in [0.25, 0.3) is 0 Å². The molecule has 0 saturated carbocycles. The van der Waals surface area contributed by atoms with Gasteiger partial charge in [-0.2, -0.15) is 9.49 Å². The number of hydrogen-bond acceptors (Lipinski definition) is 5. The molecule has 0 saturated heterocycles. The Kier molecular flexibility index (Phi) is 2.98. The molecule has 0 aliphatic rings. The highest BCUT2D eigenvalue weighted by molar-refractivity contribution is 5.48. The summed E-state index contributed by atoms with van der Waals surface area (Å²) in [6.45, 7) is 1.42. The van der Waals surface area contributed by atoms with Crippen molar-refractivity contribution in [1.29, 1.82) is 0 Å². The maximum absolute atomic E-state index is 13.9. The summed E-state index contributed by atoms with van der Waals surface area (Å²) in [6.07, 6.45) is 3.05. The molecular weight excluding hydrogens is 279 g/mol. The van der Waals surface area contributed by atoms with E-state index in [9.17, 15) is 14.5 Å². The van der Waals surface area contributed by atoms with Gasteiger partial charge in [-0.05, 0) is 19.1 Å². The third kappa shape index (κ3) is 2.27. The quantitative estimate of drug-likeness (QED) is 0.546. The lowest BCUT2D eigenvalue weighted by atomic mass is 10.2. The monoisotopic (exact) mass is 288 g/mol. The van der Waals surface area contributed by atoms with Crippen molar-refractivity contribution >= 4 is 11.3 Å². The first-order valence-corrected chi connectivity index (χ1v) is 5.97. The van der Waals surface area contributed by atoms with E-state index in [0.717, 1.165) is 6.07 Å². The van der Waals surface area contributed by atoms with Gasteiger partial charge in [-0.15, -0.1) is 0 Å². The number of nitro groups is 1. The van der Waals surface area contributed by atoms with Crippen LogP contribution < -0.4 is 4.74 Å². The zero-order valence-electron chi connectivity index (χ0n) is 10.9. The molecule has 7 nitrogen and oxygen atoms in total. The molecule has 0 N–H and O–H groups in total. The summed E-state index contributed by atoms with van der Waals surface area (Å²) in [5.74, 6) is -0.255. The molecule has 0 unspecified atom stereocenters. The second kappa shape index (κ2) is 4.82. The summed E-state index contributed by atoms with van der Waals surface area (Å²) >= 11 is 0. The number of nitro benzene ring substituents is 1. The van der Waals surface area contributed by atoms with E-state index in [2.05, 4.69) is 10.1 Å². The number of aromatic nitrogens is 3. The van der Waals surface area contributed by atoms with Crippen LogP contribution in [-0.2, 0) is 0 Å². The highest BCUT2D eigenvalue weighted by Crippen LogP contribution is 2.31. The molecule has 2 aromatic heterocycles. The van der Waals surface area contributed by atoms with E-state index < -0.39 is 16.4 Å². The molecule has 0 fully saturated rings. The van der Waals surface area contributed by atoms with Crippen molar-refractivity contribution in [3.63, 3.8) is 0 Å². The number of pyridine rings is 1. The first-order valence-electron chi connectivity index (χ1n) is 5.97. The minimum atomic E-state index is -0.902. The van der Waals surface area contributed by atoms with Gasteiger partial charge in [0.1, 0.15) is 17.8 Å². The Morgan fingerprint density at radius 1 is 1.38 bits per heavy atom. The maximum Gasteiger partial charge on any atom is 0.305 e. The lowest BCUT2D eigenvalue weighted by Crippen LogP contribution is -1.97. The molecule has 2 heterocycles. The van der Waals surface area contributed by atoms with Gasteiger partial charge in [0.2, 0.25) is 5.82 Å².